The number of carbonyl (C=O) groups is 1. The molecule has 1 unspecified atom stereocenters. The van der Waals surface area contributed by atoms with Crippen molar-refractivity contribution in [2.45, 2.75) is 58.0 Å². The van der Waals surface area contributed by atoms with Crippen molar-refractivity contribution in [1.82, 2.24) is 5.32 Å². The molecule has 21 heavy (non-hydrogen) atoms. The number of esters is 1. The van der Waals surface area contributed by atoms with E-state index in [0.717, 1.165) is 32.1 Å². The van der Waals surface area contributed by atoms with Crippen molar-refractivity contribution in [3.05, 3.63) is 35.9 Å². The molecule has 0 amide bonds. The van der Waals surface area contributed by atoms with Crippen LogP contribution < -0.4 is 5.32 Å². The van der Waals surface area contributed by atoms with Gasteiger partial charge in [-0.05, 0) is 44.6 Å². The maximum Gasteiger partial charge on any atom is 0.308 e. The second kappa shape index (κ2) is 8.18. The zero-order chi connectivity index (χ0) is 15.1. The highest BCUT2D eigenvalue weighted by atomic mass is 16.5. The number of rotatable bonds is 6. The minimum absolute atomic E-state index is 0.00829. The monoisotopic (exact) mass is 289 g/mol. The summed E-state index contributed by atoms with van der Waals surface area (Å²) in [5, 5.41) is 3.76. The quantitative estimate of drug-likeness (QED) is 0.808. The van der Waals surface area contributed by atoms with Crippen LogP contribution in [0.15, 0.2) is 30.3 Å². The molecular formula is C18H27NO2. The van der Waals surface area contributed by atoms with Crippen LogP contribution in [0.2, 0.25) is 0 Å². The van der Waals surface area contributed by atoms with E-state index in [9.17, 15) is 4.79 Å². The Morgan fingerprint density at radius 3 is 2.43 bits per heavy atom. The summed E-state index contributed by atoms with van der Waals surface area (Å²) in [6.07, 6.45) is 5.10. The Balaban J connectivity index is 1.83. The van der Waals surface area contributed by atoms with Gasteiger partial charge in [0.15, 0.2) is 0 Å². The number of carbonyl (C=O) groups excluding carboxylic acids is 1. The molecule has 1 aliphatic rings. The summed E-state index contributed by atoms with van der Waals surface area (Å²) in [4.78, 5) is 11.8. The summed E-state index contributed by atoms with van der Waals surface area (Å²) >= 11 is 0. The van der Waals surface area contributed by atoms with Gasteiger partial charge in [0.25, 0.3) is 0 Å². The minimum atomic E-state index is -0.00829. The normalized spacial score (nSPS) is 23.5. The molecule has 1 N–H and O–H groups in total. The predicted molar refractivity (Wildman–Crippen MR) is 85.0 cm³/mol. The Labute approximate surface area is 128 Å². The van der Waals surface area contributed by atoms with Crippen LogP contribution in [0.1, 0.15) is 57.6 Å². The standard InChI is InChI=1S/C18H27NO2/c1-3-17(14-8-6-5-7-9-14)19-16-12-10-15(11-13-16)18(20)21-4-2/h5-9,15-17,19H,3-4,10-13H2,1-2H3. The average molecular weight is 289 g/mol. The van der Waals surface area contributed by atoms with E-state index in [0.29, 0.717) is 18.7 Å². The average Bonchev–Trinajstić information content (AvgIpc) is 2.54. The second-order valence-electron chi connectivity index (χ2n) is 5.84. The maximum absolute atomic E-state index is 11.8. The van der Waals surface area contributed by atoms with Gasteiger partial charge in [0.1, 0.15) is 0 Å². The first kappa shape index (κ1) is 16.0. The summed E-state index contributed by atoms with van der Waals surface area (Å²) in [6.45, 7) is 4.58. The van der Waals surface area contributed by atoms with Gasteiger partial charge in [0, 0.05) is 12.1 Å². The third-order valence-corrected chi connectivity index (χ3v) is 4.39. The Morgan fingerprint density at radius 2 is 1.86 bits per heavy atom. The summed E-state index contributed by atoms with van der Waals surface area (Å²) < 4.78 is 5.13. The lowest BCUT2D eigenvalue weighted by Crippen LogP contribution is -2.37. The summed E-state index contributed by atoms with van der Waals surface area (Å²) in [6, 6.07) is 11.5. The Morgan fingerprint density at radius 1 is 1.19 bits per heavy atom. The van der Waals surface area contributed by atoms with E-state index in [2.05, 4.69) is 42.6 Å². The highest BCUT2D eigenvalue weighted by Gasteiger charge is 2.28. The van der Waals surface area contributed by atoms with Crippen LogP contribution in [0, 0.1) is 5.92 Å². The number of hydrogen-bond donors (Lipinski definition) is 1. The lowest BCUT2D eigenvalue weighted by molar-refractivity contribution is -0.149. The molecular weight excluding hydrogens is 262 g/mol. The molecule has 1 fully saturated rings. The van der Waals surface area contributed by atoms with E-state index in [1.807, 2.05) is 6.92 Å². The minimum Gasteiger partial charge on any atom is -0.466 e. The number of hydrogen-bond acceptors (Lipinski definition) is 3. The Bertz CT molecular complexity index is 424. The van der Waals surface area contributed by atoms with Crippen LogP contribution >= 0.6 is 0 Å². The van der Waals surface area contributed by atoms with E-state index in [4.69, 9.17) is 4.74 Å². The predicted octanol–water partition coefficient (Wildman–Crippen LogP) is 3.85. The van der Waals surface area contributed by atoms with Crippen molar-refractivity contribution in [1.29, 1.82) is 0 Å². The summed E-state index contributed by atoms with van der Waals surface area (Å²) in [5.74, 6) is 0.103. The van der Waals surface area contributed by atoms with Gasteiger partial charge in [-0.1, -0.05) is 37.3 Å². The van der Waals surface area contributed by atoms with Crippen molar-refractivity contribution in [2.24, 2.45) is 5.92 Å². The van der Waals surface area contributed by atoms with Gasteiger partial charge in [-0.2, -0.15) is 0 Å². The van der Waals surface area contributed by atoms with Gasteiger partial charge < -0.3 is 10.1 Å². The third kappa shape index (κ3) is 4.57. The Kier molecular flexibility index (Phi) is 6.24. The Hall–Kier alpha value is -1.35. The molecule has 1 aromatic carbocycles. The van der Waals surface area contributed by atoms with Crippen molar-refractivity contribution < 1.29 is 9.53 Å². The summed E-state index contributed by atoms with van der Waals surface area (Å²) in [7, 11) is 0. The zero-order valence-corrected chi connectivity index (χ0v) is 13.2. The van der Waals surface area contributed by atoms with E-state index >= 15 is 0 Å². The SMILES string of the molecule is CCOC(=O)C1CCC(NC(CC)c2ccccc2)CC1. The van der Waals surface area contributed by atoms with Crippen LogP contribution in [0.25, 0.3) is 0 Å². The van der Waals surface area contributed by atoms with E-state index in [1.54, 1.807) is 0 Å². The molecule has 1 aliphatic carbocycles. The number of nitrogens with one attached hydrogen (secondary N) is 1. The molecule has 0 aromatic heterocycles. The molecule has 3 heteroatoms. The second-order valence-corrected chi connectivity index (χ2v) is 5.84. The number of benzene rings is 1. The summed E-state index contributed by atoms with van der Waals surface area (Å²) in [5.41, 5.74) is 1.35. The van der Waals surface area contributed by atoms with Crippen LogP contribution in [-0.2, 0) is 9.53 Å². The molecule has 1 aromatic rings. The fourth-order valence-corrected chi connectivity index (χ4v) is 3.18. The molecule has 1 saturated carbocycles. The van der Waals surface area contributed by atoms with Crippen molar-refractivity contribution in [3.63, 3.8) is 0 Å². The van der Waals surface area contributed by atoms with Crippen molar-refractivity contribution >= 4 is 5.97 Å². The van der Waals surface area contributed by atoms with Crippen molar-refractivity contribution in [3.8, 4) is 0 Å². The van der Waals surface area contributed by atoms with Crippen LogP contribution in [0.5, 0.6) is 0 Å². The number of ether oxygens (including phenoxy) is 1. The van der Waals surface area contributed by atoms with Crippen LogP contribution in [-0.4, -0.2) is 18.6 Å². The van der Waals surface area contributed by atoms with Crippen LogP contribution in [0.4, 0.5) is 0 Å². The highest BCUT2D eigenvalue weighted by molar-refractivity contribution is 5.72. The maximum atomic E-state index is 11.8. The molecule has 116 valence electrons. The zero-order valence-electron chi connectivity index (χ0n) is 13.2. The third-order valence-electron chi connectivity index (χ3n) is 4.39. The van der Waals surface area contributed by atoms with Gasteiger partial charge in [-0.25, -0.2) is 0 Å². The fraction of sp³-hybridized carbons (Fsp3) is 0.611. The van der Waals surface area contributed by atoms with Crippen LogP contribution in [0.3, 0.4) is 0 Å². The molecule has 0 radical (unpaired) electrons. The largest absolute Gasteiger partial charge is 0.466 e. The van der Waals surface area contributed by atoms with Gasteiger partial charge in [-0.15, -0.1) is 0 Å². The highest BCUT2D eigenvalue weighted by Crippen LogP contribution is 2.28. The molecule has 1 atom stereocenters. The van der Waals surface area contributed by atoms with Crippen molar-refractivity contribution in [2.75, 3.05) is 6.61 Å². The molecule has 0 heterocycles. The molecule has 0 saturated heterocycles. The van der Waals surface area contributed by atoms with Gasteiger partial charge in [0.2, 0.25) is 0 Å². The first-order valence-corrected chi connectivity index (χ1v) is 8.22. The van der Waals surface area contributed by atoms with Gasteiger partial charge in [-0.3, -0.25) is 4.79 Å². The van der Waals surface area contributed by atoms with Gasteiger partial charge in [0.05, 0.1) is 12.5 Å². The first-order valence-electron chi connectivity index (χ1n) is 8.22. The molecule has 0 bridgehead atoms. The van der Waals surface area contributed by atoms with E-state index in [1.165, 1.54) is 5.56 Å². The molecule has 3 nitrogen and oxygen atoms in total. The smallest absolute Gasteiger partial charge is 0.308 e. The molecule has 0 aliphatic heterocycles. The molecule has 0 spiro atoms. The van der Waals surface area contributed by atoms with Gasteiger partial charge >= 0.3 is 5.97 Å². The van der Waals surface area contributed by atoms with E-state index in [-0.39, 0.29) is 11.9 Å². The topological polar surface area (TPSA) is 38.3 Å². The lowest BCUT2D eigenvalue weighted by atomic mass is 9.85. The van der Waals surface area contributed by atoms with E-state index < -0.39 is 0 Å². The first-order chi connectivity index (χ1) is 10.2. The molecule has 2 rings (SSSR count). The fourth-order valence-electron chi connectivity index (χ4n) is 3.18. The lowest BCUT2D eigenvalue weighted by Gasteiger charge is -2.31.